The van der Waals surface area contributed by atoms with Crippen molar-refractivity contribution in [3.05, 3.63) is 24.3 Å². The Labute approximate surface area is 131 Å². The van der Waals surface area contributed by atoms with E-state index in [2.05, 4.69) is 20.3 Å². The predicted molar refractivity (Wildman–Crippen MR) is 71.1 cm³/mol. The van der Waals surface area contributed by atoms with Crippen molar-refractivity contribution < 1.29 is 27.4 Å². The molecule has 1 aromatic heterocycles. The summed E-state index contributed by atoms with van der Waals surface area (Å²) in [6.07, 6.45) is -4.20. The lowest BCUT2D eigenvalue weighted by Gasteiger charge is -2.10. The Balaban J connectivity index is 1.77. The highest BCUT2D eigenvalue weighted by molar-refractivity contribution is 8.00. The monoisotopic (exact) mass is 346 g/mol. The van der Waals surface area contributed by atoms with Crippen molar-refractivity contribution in [2.45, 2.75) is 23.2 Å². The van der Waals surface area contributed by atoms with Crippen LogP contribution in [0.1, 0.15) is 6.42 Å². The number of benzene rings is 1. The summed E-state index contributed by atoms with van der Waals surface area (Å²) in [5.74, 6) is -0.679. The zero-order valence-electron chi connectivity index (χ0n) is 11.4. The largest absolute Gasteiger partial charge is 0.573 e. The number of thioether (sulfide) groups is 1. The van der Waals surface area contributed by atoms with E-state index >= 15 is 0 Å². The molecule has 0 spiro atoms. The van der Waals surface area contributed by atoms with Crippen LogP contribution in [0, 0.1) is 0 Å². The highest BCUT2D eigenvalue weighted by Crippen LogP contribution is 2.29. The van der Waals surface area contributed by atoms with Crippen molar-refractivity contribution in [3.8, 4) is 11.4 Å². The molecule has 3 rings (SSSR count). The zero-order valence-corrected chi connectivity index (χ0v) is 12.2. The van der Waals surface area contributed by atoms with Gasteiger partial charge in [0.05, 0.1) is 12.3 Å². The minimum absolute atomic E-state index is 0.335. The first-order valence-electron chi connectivity index (χ1n) is 6.40. The van der Waals surface area contributed by atoms with E-state index in [1.165, 1.54) is 16.8 Å². The Morgan fingerprint density at radius 2 is 2.04 bits per heavy atom. The summed E-state index contributed by atoms with van der Waals surface area (Å²) < 4.78 is 46.4. The quantitative estimate of drug-likeness (QED) is 0.783. The van der Waals surface area contributed by atoms with Gasteiger partial charge in [-0.15, -0.1) is 18.3 Å². The molecule has 0 radical (unpaired) electrons. The number of alkyl halides is 3. The molecule has 2 aromatic rings. The lowest BCUT2D eigenvalue weighted by Crippen LogP contribution is -2.17. The number of cyclic esters (lactones) is 1. The molecule has 1 aliphatic heterocycles. The van der Waals surface area contributed by atoms with Gasteiger partial charge in [-0.05, 0) is 34.7 Å². The number of tetrazole rings is 1. The van der Waals surface area contributed by atoms with E-state index in [0.29, 0.717) is 23.9 Å². The fourth-order valence-corrected chi connectivity index (χ4v) is 2.87. The van der Waals surface area contributed by atoms with Crippen molar-refractivity contribution in [1.29, 1.82) is 0 Å². The molecule has 0 unspecified atom stereocenters. The van der Waals surface area contributed by atoms with Crippen molar-refractivity contribution >= 4 is 17.7 Å². The second kappa shape index (κ2) is 6.07. The number of carbonyl (C=O) groups excluding carboxylic acids is 1. The Bertz CT molecular complexity index is 704. The van der Waals surface area contributed by atoms with Crippen molar-refractivity contribution in [3.63, 3.8) is 0 Å². The molecule has 7 nitrogen and oxygen atoms in total. The maximum atomic E-state index is 12.1. The summed E-state index contributed by atoms with van der Waals surface area (Å²) in [5, 5.41) is 11.1. The summed E-state index contributed by atoms with van der Waals surface area (Å²) >= 11 is 1.14. The molecule has 1 aromatic carbocycles. The number of esters is 1. The summed E-state index contributed by atoms with van der Waals surface area (Å²) in [4.78, 5) is 11.5. The molecule has 0 bridgehead atoms. The van der Waals surface area contributed by atoms with Gasteiger partial charge in [0.15, 0.2) is 0 Å². The van der Waals surface area contributed by atoms with Gasteiger partial charge in [-0.1, -0.05) is 11.8 Å². The SMILES string of the molecule is O=C1OCC[C@@H]1Sc1nnnn1-c1ccc(OC(F)(F)F)cc1. The van der Waals surface area contributed by atoms with Crippen molar-refractivity contribution in [1.82, 2.24) is 20.2 Å². The van der Waals surface area contributed by atoms with E-state index in [9.17, 15) is 18.0 Å². The number of rotatable bonds is 4. The maximum absolute atomic E-state index is 12.1. The van der Waals surface area contributed by atoms with Crippen LogP contribution in [0.15, 0.2) is 29.4 Å². The molecule has 2 heterocycles. The summed E-state index contributed by atoms with van der Waals surface area (Å²) in [6.45, 7) is 0.349. The Hall–Kier alpha value is -2.30. The Kier molecular flexibility index (Phi) is 4.11. The van der Waals surface area contributed by atoms with Gasteiger partial charge in [0.2, 0.25) is 5.16 Å². The van der Waals surface area contributed by atoms with Gasteiger partial charge in [0.1, 0.15) is 11.0 Å². The molecule has 0 N–H and O–H groups in total. The minimum Gasteiger partial charge on any atom is -0.465 e. The number of nitrogens with zero attached hydrogens (tertiary/aromatic N) is 4. The molecule has 1 fully saturated rings. The van der Waals surface area contributed by atoms with Gasteiger partial charge < -0.3 is 9.47 Å². The van der Waals surface area contributed by atoms with E-state index in [-0.39, 0.29) is 11.7 Å². The molecule has 11 heteroatoms. The van der Waals surface area contributed by atoms with E-state index in [0.717, 1.165) is 23.9 Å². The average molecular weight is 346 g/mol. The molecule has 1 aliphatic rings. The number of hydrogen-bond acceptors (Lipinski definition) is 7. The molecule has 1 atom stereocenters. The lowest BCUT2D eigenvalue weighted by molar-refractivity contribution is -0.274. The van der Waals surface area contributed by atoms with Crippen molar-refractivity contribution in [2.24, 2.45) is 0 Å². The molecule has 0 saturated carbocycles. The van der Waals surface area contributed by atoms with E-state index < -0.39 is 11.6 Å². The van der Waals surface area contributed by atoms with Crippen LogP contribution >= 0.6 is 11.8 Å². The van der Waals surface area contributed by atoms with Gasteiger partial charge in [-0.2, -0.15) is 4.68 Å². The highest BCUT2D eigenvalue weighted by atomic mass is 32.2. The van der Waals surface area contributed by atoms with Gasteiger partial charge in [-0.25, -0.2) is 0 Å². The number of hydrogen-bond donors (Lipinski definition) is 0. The number of carbonyl (C=O) groups is 1. The normalized spacial score (nSPS) is 18.0. The third kappa shape index (κ3) is 3.73. The second-order valence-corrected chi connectivity index (χ2v) is 5.65. The van der Waals surface area contributed by atoms with Crippen LogP contribution in [0.2, 0.25) is 0 Å². The number of ether oxygens (including phenoxy) is 2. The molecular weight excluding hydrogens is 337 g/mol. The summed E-state index contributed by atoms with van der Waals surface area (Å²) in [5.41, 5.74) is 0.443. The average Bonchev–Trinajstić information content (AvgIpc) is 3.09. The fourth-order valence-electron chi connectivity index (χ4n) is 1.92. The van der Waals surface area contributed by atoms with Gasteiger partial charge >= 0.3 is 12.3 Å². The minimum atomic E-state index is -4.75. The van der Waals surface area contributed by atoms with E-state index in [1.807, 2.05) is 0 Å². The van der Waals surface area contributed by atoms with Crippen LogP contribution in [-0.2, 0) is 9.53 Å². The molecule has 23 heavy (non-hydrogen) atoms. The summed E-state index contributed by atoms with van der Waals surface area (Å²) in [7, 11) is 0. The van der Waals surface area contributed by atoms with Crippen LogP contribution in [-0.4, -0.2) is 44.4 Å². The first-order valence-corrected chi connectivity index (χ1v) is 7.28. The Morgan fingerprint density at radius 3 is 2.65 bits per heavy atom. The van der Waals surface area contributed by atoms with Crippen LogP contribution in [0.5, 0.6) is 5.75 Å². The van der Waals surface area contributed by atoms with Gasteiger partial charge in [-0.3, -0.25) is 4.79 Å². The van der Waals surface area contributed by atoms with Crippen LogP contribution in [0.4, 0.5) is 13.2 Å². The smallest absolute Gasteiger partial charge is 0.465 e. The molecule has 0 aliphatic carbocycles. The maximum Gasteiger partial charge on any atom is 0.573 e. The molecule has 0 amide bonds. The standard InChI is InChI=1S/C12H9F3N4O3S/c13-12(14,15)22-8-3-1-7(2-4-8)19-11(16-17-18-19)23-9-5-6-21-10(9)20/h1-4,9H,5-6H2/t9-/m0/s1. The van der Waals surface area contributed by atoms with Crippen molar-refractivity contribution in [2.75, 3.05) is 6.61 Å². The topological polar surface area (TPSA) is 79.1 Å². The van der Waals surface area contributed by atoms with E-state index in [4.69, 9.17) is 4.74 Å². The van der Waals surface area contributed by atoms with Crippen LogP contribution in [0.3, 0.4) is 0 Å². The zero-order chi connectivity index (χ0) is 16.4. The fraction of sp³-hybridized carbons (Fsp3) is 0.333. The third-order valence-corrected chi connectivity index (χ3v) is 4.07. The highest BCUT2D eigenvalue weighted by Gasteiger charge is 2.31. The van der Waals surface area contributed by atoms with E-state index in [1.54, 1.807) is 0 Å². The number of aromatic nitrogens is 4. The lowest BCUT2D eigenvalue weighted by atomic mass is 10.3. The van der Waals surface area contributed by atoms with Gasteiger partial charge in [0.25, 0.3) is 0 Å². The molecular formula is C12H9F3N4O3S. The predicted octanol–water partition coefficient (Wildman–Crippen LogP) is 1.97. The molecule has 1 saturated heterocycles. The first-order chi connectivity index (χ1) is 10.9. The Morgan fingerprint density at radius 1 is 1.30 bits per heavy atom. The third-order valence-electron chi connectivity index (χ3n) is 2.89. The second-order valence-electron chi connectivity index (χ2n) is 4.48. The van der Waals surface area contributed by atoms with Crippen LogP contribution in [0.25, 0.3) is 5.69 Å². The first kappa shape index (κ1) is 15.6. The molecule has 122 valence electrons. The summed E-state index contributed by atoms with van der Waals surface area (Å²) in [6, 6.07) is 5.08. The van der Waals surface area contributed by atoms with Gasteiger partial charge in [0, 0.05) is 6.42 Å². The number of halogens is 3. The van der Waals surface area contributed by atoms with Crippen LogP contribution < -0.4 is 4.74 Å².